The number of carbonyl (C=O) groups excluding carboxylic acids is 2. The molecule has 0 bridgehead atoms. The fourth-order valence-electron chi connectivity index (χ4n) is 2.46. The van der Waals surface area contributed by atoms with Gasteiger partial charge in [0.15, 0.2) is 5.11 Å². The molecule has 0 saturated carbocycles. The Bertz CT molecular complexity index is 955. The van der Waals surface area contributed by atoms with Gasteiger partial charge in [-0.1, -0.05) is 12.1 Å². The van der Waals surface area contributed by atoms with Crippen molar-refractivity contribution in [2.45, 2.75) is 18.2 Å². The summed E-state index contributed by atoms with van der Waals surface area (Å²) < 4.78 is 5.08. The quantitative estimate of drug-likeness (QED) is 0.0950. The molecule has 0 aliphatic carbocycles. The molecule has 2 aromatic rings. The summed E-state index contributed by atoms with van der Waals surface area (Å²) in [4.78, 5) is 34.5. The SMILES string of the molecule is COc1ccc(NC(S)CC(=O)CC(=O)NNC(=S)Nc2ccccc2[N+](=O)[O-])cc1. The second-order valence-electron chi connectivity index (χ2n) is 6.21. The third kappa shape index (κ3) is 8.10. The average Bonchev–Trinajstić information content (AvgIpc) is 2.72. The molecule has 31 heavy (non-hydrogen) atoms. The van der Waals surface area contributed by atoms with Crippen LogP contribution in [0.25, 0.3) is 0 Å². The number of benzene rings is 2. The number of nitrogens with zero attached hydrogens (tertiary/aromatic N) is 1. The zero-order chi connectivity index (χ0) is 22.8. The Balaban J connectivity index is 1.74. The standard InChI is InChI=1S/C19H21N5O5S2/c1-29-14-8-6-12(7-9-14)20-18(30)11-13(25)10-17(26)22-23-19(31)21-15-4-2-3-5-16(15)24(27)28/h2-9,18,20,30H,10-11H2,1H3,(H,22,26)(H2,21,23,31). The molecule has 4 N–H and O–H groups in total. The van der Waals surface area contributed by atoms with Gasteiger partial charge in [0.1, 0.15) is 17.2 Å². The van der Waals surface area contributed by atoms with Crippen LogP contribution < -0.4 is 26.2 Å². The summed E-state index contributed by atoms with van der Waals surface area (Å²) in [5.41, 5.74) is 5.43. The Labute approximate surface area is 189 Å². The number of Topliss-reactive ketones (excluding diaryl/α,β-unsaturated/α-hetero) is 1. The molecule has 0 fully saturated rings. The Morgan fingerprint density at radius 3 is 2.48 bits per heavy atom. The fourth-order valence-corrected chi connectivity index (χ4v) is 2.97. The van der Waals surface area contributed by atoms with E-state index in [-0.39, 0.29) is 35.1 Å². The van der Waals surface area contributed by atoms with Crippen LogP contribution in [0, 0.1) is 10.1 Å². The number of ether oxygens (including phenoxy) is 1. The van der Waals surface area contributed by atoms with Gasteiger partial charge in [-0.05, 0) is 42.5 Å². The second-order valence-corrected chi connectivity index (χ2v) is 7.24. The number of methoxy groups -OCH3 is 1. The van der Waals surface area contributed by atoms with Crippen LogP contribution in [-0.4, -0.2) is 34.2 Å². The average molecular weight is 464 g/mol. The molecule has 0 saturated heterocycles. The van der Waals surface area contributed by atoms with Gasteiger partial charge in [-0.3, -0.25) is 30.6 Å². The highest BCUT2D eigenvalue weighted by Crippen LogP contribution is 2.22. The number of anilines is 2. The van der Waals surface area contributed by atoms with E-state index in [0.29, 0.717) is 5.75 Å². The number of hydrazine groups is 1. The van der Waals surface area contributed by atoms with Crippen LogP contribution in [0.5, 0.6) is 5.75 Å². The maximum Gasteiger partial charge on any atom is 0.292 e. The molecule has 0 aliphatic rings. The summed E-state index contributed by atoms with van der Waals surface area (Å²) >= 11 is 9.32. The normalized spacial score (nSPS) is 11.0. The van der Waals surface area contributed by atoms with Crippen LogP contribution in [0.4, 0.5) is 17.1 Å². The minimum atomic E-state index is -0.610. The molecule has 0 heterocycles. The van der Waals surface area contributed by atoms with Crippen LogP contribution in [0.1, 0.15) is 12.8 Å². The predicted octanol–water partition coefficient (Wildman–Crippen LogP) is 2.64. The molecule has 164 valence electrons. The number of rotatable bonds is 9. The van der Waals surface area contributed by atoms with Crippen molar-refractivity contribution in [3.8, 4) is 5.75 Å². The van der Waals surface area contributed by atoms with Gasteiger partial charge in [-0.25, -0.2) is 0 Å². The van der Waals surface area contributed by atoms with Crippen molar-refractivity contribution < 1.29 is 19.2 Å². The Hall–Kier alpha value is -3.38. The Morgan fingerprint density at radius 2 is 1.84 bits per heavy atom. The van der Waals surface area contributed by atoms with Gasteiger partial charge in [0.2, 0.25) is 5.91 Å². The van der Waals surface area contributed by atoms with Crippen LogP contribution in [-0.2, 0) is 9.59 Å². The topological polar surface area (TPSA) is 135 Å². The lowest BCUT2D eigenvalue weighted by atomic mass is 10.2. The lowest BCUT2D eigenvalue weighted by Crippen LogP contribution is -2.44. The summed E-state index contributed by atoms with van der Waals surface area (Å²) in [6.45, 7) is 0. The number of nitrogens with one attached hydrogen (secondary N) is 4. The molecule has 1 amide bonds. The van der Waals surface area contributed by atoms with Crippen LogP contribution >= 0.6 is 24.8 Å². The molecule has 0 aliphatic heterocycles. The van der Waals surface area contributed by atoms with E-state index in [1.54, 1.807) is 37.4 Å². The zero-order valence-corrected chi connectivity index (χ0v) is 18.2. The van der Waals surface area contributed by atoms with E-state index in [9.17, 15) is 19.7 Å². The smallest absolute Gasteiger partial charge is 0.292 e. The van der Waals surface area contributed by atoms with Gasteiger partial charge < -0.3 is 15.4 Å². The van der Waals surface area contributed by atoms with Crippen molar-refractivity contribution in [2.24, 2.45) is 0 Å². The van der Waals surface area contributed by atoms with Crippen molar-refractivity contribution in [3.63, 3.8) is 0 Å². The minimum Gasteiger partial charge on any atom is -0.497 e. The number of thiocarbonyl (C=S) groups is 1. The molecule has 0 aromatic heterocycles. The third-order valence-corrected chi connectivity index (χ3v) is 4.38. The maximum atomic E-state index is 12.1. The monoisotopic (exact) mass is 463 g/mol. The molecule has 0 spiro atoms. The predicted molar refractivity (Wildman–Crippen MR) is 124 cm³/mol. The van der Waals surface area contributed by atoms with Crippen LogP contribution in [0.15, 0.2) is 48.5 Å². The van der Waals surface area contributed by atoms with Crippen LogP contribution in [0.3, 0.4) is 0 Å². The molecular weight excluding hydrogens is 442 g/mol. The first kappa shape index (κ1) is 23.9. The number of nitro groups is 1. The van der Waals surface area contributed by atoms with E-state index in [0.717, 1.165) is 5.69 Å². The molecule has 1 atom stereocenters. The van der Waals surface area contributed by atoms with Gasteiger partial charge in [0, 0.05) is 18.2 Å². The van der Waals surface area contributed by atoms with E-state index >= 15 is 0 Å². The summed E-state index contributed by atoms with van der Waals surface area (Å²) in [5, 5.41) is 16.1. The van der Waals surface area contributed by atoms with Gasteiger partial charge >= 0.3 is 0 Å². The van der Waals surface area contributed by atoms with Crippen molar-refractivity contribution in [2.75, 3.05) is 17.7 Å². The third-order valence-electron chi connectivity index (χ3n) is 3.87. The van der Waals surface area contributed by atoms with E-state index in [1.807, 2.05) is 0 Å². The molecular formula is C19H21N5O5S2. The zero-order valence-electron chi connectivity index (χ0n) is 16.5. The van der Waals surface area contributed by atoms with Gasteiger partial charge in [-0.2, -0.15) is 12.6 Å². The van der Waals surface area contributed by atoms with E-state index < -0.39 is 16.2 Å². The summed E-state index contributed by atoms with van der Waals surface area (Å²) in [6.07, 6.45) is -0.371. The number of hydrogen-bond donors (Lipinski definition) is 5. The van der Waals surface area contributed by atoms with E-state index in [4.69, 9.17) is 17.0 Å². The Kier molecular flexibility index (Phi) is 9.03. The fraction of sp³-hybridized carbons (Fsp3) is 0.211. The van der Waals surface area contributed by atoms with E-state index in [1.165, 1.54) is 18.2 Å². The van der Waals surface area contributed by atoms with Crippen molar-refractivity contribution in [1.82, 2.24) is 10.9 Å². The van der Waals surface area contributed by atoms with Gasteiger partial charge in [0.25, 0.3) is 5.69 Å². The second kappa shape index (κ2) is 11.7. The number of nitro benzene ring substituents is 1. The highest BCUT2D eigenvalue weighted by molar-refractivity contribution is 7.81. The molecule has 10 nitrogen and oxygen atoms in total. The summed E-state index contributed by atoms with van der Waals surface area (Å²) in [7, 11) is 1.57. The number of ketones is 1. The number of para-hydroxylation sites is 2. The first-order chi connectivity index (χ1) is 14.8. The number of carbonyl (C=O) groups is 2. The maximum absolute atomic E-state index is 12.1. The van der Waals surface area contributed by atoms with E-state index in [2.05, 4.69) is 34.1 Å². The highest BCUT2D eigenvalue weighted by atomic mass is 32.1. The van der Waals surface area contributed by atoms with Crippen molar-refractivity contribution >= 4 is 58.7 Å². The van der Waals surface area contributed by atoms with Crippen molar-refractivity contribution in [1.29, 1.82) is 0 Å². The number of hydrogen-bond acceptors (Lipinski definition) is 8. The minimum absolute atomic E-state index is 0.0153. The largest absolute Gasteiger partial charge is 0.497 e. The molecule has 0 radical (unpaired) electrons. The van der Waals surface area contributed by atoms with Gasteiger partial charge in [-0.15, -0.1) is 0 Å². The highest BCUT2D eigenvalue weighted by Gasteiger charge is 2.16. The molecule has 12 heteroatoms. The van der Waals surface area contributed by atoms with Crippen molar-refractivity contribution in [3.05, 3.63) is 58.6 Å². The number of amides is 1. The first-order valence-electron chi connectivity index (χ1n) is 8.98. The lowest BCUT2D eigenvalue weighted by Gasteiger charge is -2.14. The molecule has 1 unspecified atom stereocenters. The first-order valence-corrected chi connectivity index (χ1v) is 9.90. The molecule has 2 rings (SSSR count). The summed E-state index contributed by atoms with van der Waals surface area (Å²) in [5.74, 6) is -0.240. The summed E-state index contributed by atoms with van der Waals surface area (Å²) in [6, 6.07) is 13.0. The number of thiol groups is 1. The van der Waals surface area contributed by atoms with Gasteiger partial charge in [0.05, 0.1) is 23.8 Å². The molecule has 2 aromatic carbocycles. The van der Waals surface area contributed by atoms with Crippen LogP contribution in [0.2, 0.25) is 0 Å². The Morgan fingerprint density at radius 1 is 1.16 bits per heavy atom. The lowest BCUT2D eigenvalue weighted by molar-refractivity contribution is -0.383.